The summed E-state index contributed by atoms with van der Waals surface area (Å²) in [5.41, 5.74) is 0. The lowest BCUT2D eigenvalue weighted by atomic mass is 10.1. The standard InChI is InChI=1S/C11H21NO5/c1-4-9(6-13)12(10(14)7-17-3)5-8(2)11(15)16/h8-9,13H,4-7H2,1-3H3,(H,15,16). The fraction of sp³-hybridized carbons (Fsp3) is 0.818. The first-order chi connectivity index (χ1) is 7.97. The van der Waals surface area contributed by atoms with Gasteiger partial charge in [-0.05, 0) is 6.42 Å². The molecule has 0 saturated carbocycles. The van der Waals surface area contributed by atoms with Crippen LogP contribution in [0.5, 0.6) is 0 Å². The highest BCUT2D eigenvalue weighted by Crippen LogP contribution is 2.09. The van der Waals surface area contributed by atoms with E-state index >= 15 is 0 Å². The number of aliphatic hydroxyl groups excluding tert-OH is 1. The molecule has 0 aliphatic carbocycles. The van der Waals surface area contributed by atoms with Crippen LogP contribution in [0.1, 0.15) is 20.3 Å². The first-order valence-corrected chi connectivity index (χ1v) is 5.59. The van der Waals surface area contributed by atoms with Crippen molar-refractivity contribution in [3.63, 3.8) is 0 Å². The van der Waals surface area contributed by atoms with E-state index in [4.69, 9.17) is 9.84 Å². The molecule has 6 nitrogen and oxygen atoms in total. The number of nitrogens with zero attached hydrogens (tertiary/aromatic N) is 1. The molecule has 0 aliphatic rings. The molecule has 17 heavy (non-hydrogen) atoms. The van der Waals surface area contributed by atoms with Gasteiger partial charge in [-0.25, -0.2) is 0 Å². The zero-order valence-electron chi connectivity index (χ0n) is 10.5. The molecule has 0 aromatic heterocycles. The van der Waals surface area contributed by atoms with E-state index in [1.165, 1.54) is 18.9 Å². The number of amides is 1. The zero-order valence-corrected chi connectivity index (χ0v) is 10.5. The van der Waals surface area contributed by atoms with Gasteiger partial charge < -0.3 is 19.8 Å². The molecule has 0 fully saturated rings. The molecule has 2 unspecified atom stereocenters. The molecule has 0 heterocycles. The molecule has 0 aromatic carbocycles. The van der Waals surface area contributed by atoms with E-state index in [1.807, 2.05) is 6.92 Å². The molecule has 0 spiro atoms. The molecule has 6 heteroatoms. The average molecular weight is 247 g/mol. The van der Waals surface area contributed by atoms with Gasteiger partial charge >= 0.3 is 5.97 Å². The van der Waals surface area contributed by atoms with Crippen molar-refractivity contribution in [1.29, 1.82) is 0 Å². The van der Waals surface area contributed by atoms with Gasteiger partial charge in [-0.3, -0.25) is 9.59 Å². The Morgan fingerprint density at radius 2 is 2.00 bits per heavy atom. The van der Waals surface area contributed by atoms with Gasteiger partial charge in [0.2, 0.25) is 5.91 Å². The molecule has 2 N–H and O–H groups in total. The quantitative estimate of drug-likeness (QED) is 0.628. The van der Waals surface area contributed by atoms with Crippen LogP contribution in [0.4, 0.5) is 0 Å². The smallest absolute Gasteiger partial charge is 0.308 e. The molecule has 0 aliphatic heterocycles. The minimum absolute atomic E-state index is 0.0800. The summed E-state index contributed by atoms with van der Waals surface area (Å²) in [6, 6.07) is -0.362. The van der Waals surface area contributed by atoms with Gasteiger partial charge in [0.15, 0.2) is 0 Å². The number of methoxy groups -OCH3 is 1. The lowest BCUT2D eigenvalue weighted by Crippen LogP contribution is -2.47. The van der Waals surface area contributed by atoms with Crippen LogP contribution in [-0.2, 0) is 14.3 Å². The minimum Gasteiger partial charge on any atom is -0.481 e. The normalized spacial score (nSPS) is 14.1. The Balaban J connectivity index is 4.71. The molecule has 1 amide bonds. The maximum atomic E-state index is 11.8. The summed E-state index contributed by atoms with van der Waals surface area (Å²) in [6.07, 6.45) is 0.568. The fourth-order valence-corrected chi connectivity index (χ4v) is 1.48. The number of carboxylic acid groups (broad SMARTS) is 1. The number of hydrogen-bond acceptors (Lipinski definition) is 4. The van der Waals surface area contributed by atoms with Crippen LogP contribution in [0, 0.1) is 5.92 Å². The Hall–Kier alpha value is -1.14. The Bertz CT molecular complexity index is 252. The third-order valence-corrected chi connectivity index (χ3v) is 2.60. The first-order valence-electron chi connectivity index (χ1n) is 5.59. The summed E-state index contributed by atoms with van der Waals surface area (Å²) < 4.78 is 4.75. The molecule has 2 atom stereocenters. The van der Waals surface area contributed by atoms with Crippen LogP contribution in [0.3, 0.4) is 0 Å². The lowest BCUT2D eigenvalue weighted by Gasteiger charge is -2.31. The average Bonchev–Trinajstić information content (AvgIpc) is 2.29. The van der Waals surface area contributed by atoms with E-state index in [-0.39, 0.29) is 31.7 Å². The number of carbonyl (C=O) groups is 2. The van der Waals surface area contributed by atoms with Gasteiger partial charge in [0.05, 0.1) is 18.6 Å². The molecular formula is C11H21NO5. The van der Waals surface area contributed by atoms with Crippen molar-refractivity contribution < 1.29 is 24.5 Å². The Morgan fingerprint density at radius 1 is 1.41 bits per heavy atom. The van der Waals surface area contributed by atoms with Gasteiger partial charge in [-0.1, -0.05) is 13.8 Å². The zero-order chi connectivity index (χ0) is 13.4. The SMILES string of the molecule is CCC(CO)N(CC(C)C(=O)O)C(=O)COC. The van der Waals surface area contributed by atoms with Gasteiger partial charge in [0.1, 0.15) is 6.61 Å². The van der Waals surface area contributed by atoms with Crippen LogP contribution in [-0.4, -0.2) is 59.9 Å². The minimum atomic E-state index is -0.965. The van der Waals surface area contributed by atoms with Crippen molar-refractivity contribution in [2.45, 2.75) is 26.3 Å². The number of hydrogen-bond donors (Lipinski definition) is 2. The number of aliphatic hydroxyl groups is 1. The third kappa shape index (κ3) is 5.14. The van der Waals surface area contributed by atoms with Crippen molar-refractivity contribution in [1.82, 2.24) is 4.90 Å². The number of rotatable bonds is 8. The summed E-state index contributed by atoms with van der Waals surface area (Å²) in [7, 11) is 1.40. The second-order valence-corrected chi connectivity index (χ2v) is 3.96. The molecule has 0 radical (unpaired) electrons. The predicted octanol–water partition coefficient (Wildman–Crippen LogP) is -0.0470. The van der Waals surface area contributed by atoms with E-state index in [1.54, 1.807) is 0 Å². The lowest BCUT2D eigenvalue weighted by molar-refractivity contribution is -0.145. The summed E-state index contributed by atoms with van der Waals surface area (Å²) in [4.78, 5) is 23.9. The second kappa shape index (κ2) is 8.03. The molecule has 0 aromatic rings. The van der Waals surface area contributed by atoms with Gasteiger partial charge in [0.25, 0.3) is 0 Å². The van der Waals surface area contributed by atoms with Crippen LogP contribution < -0.4 is 0 Å². The highest BCUT2D eigenvalue weighted by molar-refractivity contribution is 5.79. The van der Waals surface area contributed by atoms with Crippen LogP contribution in [0.15, 0.2) is 0 Å². The second-order valence-electron chi connectivity index (χ2n) is 3.96. The largest absolute Gasteiger partial charge is 0.481 e. The van der Waals surface area contributed by atoms with Crippen LogP contribution in [0.25, 0.3) is 0 Å². The van der Waals surface area contributed by atoms with E-state index in [2.05, 4.69) is 0 Å². The molecule has 0 saturated heterocycles. The van der Waals surface area contributed by atoms with Crippen molar-refractivity contribution in [2.75, 3.05) is 26.9 Å². The van der Waals surface area contributed by atoms with E-state index < -0.39 is 11.9 Å². The topological polar surface area (TPSA) is 87.1 Å². The van der Waals surface area contributed by atoms with Crippen molar-refractivity contribution >= 4 is 11.9 Å². The Morgan fingerprint density at radius 3 is 2.35 bits per heavy atom. The molecular weight excluding hydrogens is 226 g/mol. The van der Waals surface area contributed by atoms with E-state index in [9.17, 15) is 14.7 Å². The summed E-state index contributed by atoms with van der Waals surface area (Å²) in [5.74, 6) is -1.94. The van der Waals surface area contributed by atoms with Gasteiger partial charge in [-0.2, -0.15) is 0 Å². The van der Waals surface area contributed by atoms with Gasteiger partial charge in [-0.15, -0.1) is 0 Å². The monoisotopic (exact) mass is 247 g/mol. The highest BCUT2D eigenvalue weighted by atomic mass is 16.5. The van der Waals surface area contributed by atoms with Crippen LogP contribution in [0.2, 0.25) is 0 Å². The molecule has 0 bridgehead atoms. The number of carbonyl (C=O) groups excluding carboxylic acids is 1. The van der Waals surface area contributed by atoms with Crippen molar-refractivity contribution in [2.24, 2.45) is 5.92 Å². The van der Waals surface area contributed by atoms with Gasteiger partial charge in [0, 0.05) is 13.7 Å². The molecule has 0 rings (SSSR count). The van der Waals surface area contributed by atoms with E-state index in [0.717, 1.165) is 0 Å². The van der Waals surface area contributed by atoms with Crippen molar-refractivity contribution in [3.8, 4) is 0 Å². The van der Waals surface area contributed by atoms with Crippen molar-refractivity contribution in [3.05, 3.63) is 0 Å². The summed E-state index contributed by atoms with van der Waals surface area (Å²) in [5, 5.41) is 18.0. The number of aliphatic carboxylic acids is 1. The molecule has 100 valence electrons. The predicted molar refractivity (Wildman–Crippen MR) is 61.6 cm³/mol. The van der Waals surface area contributed by atoms with Crippen LogP contribution >= 0.6 is 0 Å². The summed E-state index contributed by atoms with van der Waals surface area (Å²) >= 11 is 0. The maximum absolute atomic E-state index is 11.8. The Kier molecular flexibility index (Phi) is 7.49. The third-order valence-electron chi connectivity index (χ3n) is 2.60. The number of ether oxygens (including phenoxy) is 1. The first kappa shape index (κ1) is 15.9. The Labute approximate surface area is 101 Å². The van der Waals surface area contributed by atoms with E-state index in [0.29, 0.717) is 6.42 Å². The highest BCUT2D eigenvalue weighted by Gasteiger charge is 2.25. The number of carboxylic acids is 1. The maximum Gasteiger partial charge on any atom is 0.308 e. The fourth-order valence-electron chi connectivity index (χ4n) is 1.48. The summed E-state index contributed by atoms with van der Waals surface area (Å²) in [6.45, 7) is 3.15.